The first-order chi connectivity index (χ1) is 7.67. The van der Waals surface area contributed by atoms with Gasteiger partial charge in [-0.1, -0.05) is 13.8 Å². The zero-order chi connectivity index (χ0) is 12.0. The van der Waals surface area contributed by atoms with Crippen molar-refractivity contribution in [2.45, 2.75) is 20.3 Å². The highest BCUT2D eigenvalue weighted by atomic mass is 15.3. The van der Waals surface area contributed by atoms with Crippen LogP contribution < -0.4 is 11.1 Å². The van der Waals surface area contributed by atoms with Gasteiger partial charge in [-0.15, -0.1) is 0 Å². The maximum Gasteiger partial charge on any atom is 0.171 e. The van der Waals surface area contributed by atoms with Crippen molar-refractivity contribution < 1.29 is 0 Å². The number of nitrogen functional groups attached to an aromatic ring is 1. The SMILES string of the molecule is CCCN(CC)CCNc1nn(C)cc1N. The molecule has 0 aliphatic rings. The van der Waals surface area contributed by atoms with Gasteiger partial charge in [-0.3, -0.25) is 4.68 Å². The summed E-state index contributed by atoms with van der Waals surface area (Å²) in [5.41, 5.74) is 6.50. The van der Waals surface area contributed by atoms with E-state index in [4.69, 9.17) is 5.73 Å². The average Bonchev–Trinajstić information content (AvgIpc) is 2.56. The van der Waals surface area contributed by atoms with Gasteiger partial charge in [0, 0.05) is 26.3 Å². The number of hydrogen-bond donors (Lipinski definition) is 2. The molecule has 0 saturated carbocycles. The van der Waals surface area contributed by atoms with Crippen LogP contribution in [0.25, 0.3) is 0 Å². The molecule has 0 fully saturated rings. The monoisotopic (exact) mass is 225 g/mol. The zero-order valence-corrected chi connectivity index (χ0v) is 10.5. The molecule has 1 aromatic heterocycles. The molecule has 0 bridgehead atoms. The third kappa shape index (κ3) is 3.73. The van der Waals surface area contributed by atoms with Crippen molar-refractivity contribution in [1.82, 2.24) is 14.7 Å². The third-order valence-electron chi connectivity index (χ3n) is 2.56. The summed E-state index contributed by atoms with van der Waals surface area (Å²) in [5, 5.41) is 7.50. The molecule has 0 aliphatic carbocycles. The number of nitrogens with two attached hydrogens (primary N) is 1. The first-order valence-electron chi connectivity index (χ1n) is 5.92. The van der Waals surface area contributed by atoms with E-state index in [2.05, 4.69) is 29.2 Å². The quantitative estimate of drug-likeness (QED) is 0.731. The number of likely N-dealkylation sites (N-methyl/N-ethyl adjacent to an activating group) is 1. The van der Waals surface area contributed by atoms with Crippen molar-refractivity contribution in [3.63, 3.8) is 0 Å². The number of hydrogen-bond acceptors (Lipinski definition) is 4. The molecule has 1 rings (SSSR count). The fourth-order valence-corrected chi connectivity index (χ4v) is 1.72. The summed E-state index contributed by atoms with van der Waals surface area (Å²) < 4.78 is 1.72. The number of aryl methyl sites for hydroxylation is 1. The van der Waals surface area contributed by atoms with E-state index in [1.807, 2.05) is 13.2 Å². The molecule has 16 heavy (non-hydrogen) atoms. The minimum Gasteiger partial charge on any atom is -0.394 e. The minimum absolute atomic E-state index is 0.709. The van der Waals surface area contributed by atoms with E-state index in [1.54, 1.807) is 4.68 Å². The van der Waals surface area contributed by atoms with Crippen molar-refractivity contribution in [3.8, 4) is 0 Å². The molecule has 92 valence electrons. The second-order valence-corrected chi connectivity index (χ2v) is 3.97. The molecule has 0 aliphatic heterocycles. The van der Waals surface area contributed by atoms with E-state index in [0.717, 1.165) is 32.0 Å². The molecule has 5 nitrogen and oxygen atoms in total. The Balaban J connectivity index is 2.32. The molecule has 0 spiro atoms. The van der Waals surface area contributed by atoms with Gasteiger partial charge in [0.2, 0.25) is 0 Å². The normalized spacial score (nSPS) is 11.0. The number of rotatable bonds is 7. The summed E-state index contributed by atoms with van der Waals surface area (Å²) in [6.07, 6.45) is 3.01. The van der Waals surface area contributed by atoms with Crippen molar-refractivity contribution >= 4 is 11.5 Å². The van der Waals surface area contributed by atoms with E-state index in [9.17, 15) is 0 Å². The lowest BCUT2D eigenvalue weighted by Gasteiger charge is -2.19. The standard InChI is InChI=1S/C11H23N5/c1-4-7-16(5-2)8-6-13-11-10(12)9-15(3)14-11/h9H,4-8,12H2,1-3H3,(H,13,14). The van der Waals surface area contributed by atoms with Crippen LogP contribution in [-0.4, -0.2) is 40.9 Å². The topological polar surface area (TPSA) is 59.1 Å². The van der Waals surface area contributed by atoms with Gasteiger partial charge in [0.05, 0.1) is 5.69 Å². The lowest BCUT2D eigenvalue weighted by Crippen LogP contribution is -2.29. The van der Waals surface area contributed by atoms with Gasteiger partial charge in [-0.2, -0.15) is 5.10 Å². The molecular formula is C11H23N5. The molecule has 1 aromatic rings. The Bertz CT molecular complexity index is 307. The Labute approximate surface area is 97.6 Å². The minimum atomic E-state index is 0.709. The third-order valence-corrected chi connectivity index (χ3v) is 2.56. The Morgan fingerprint density at radius 1 is 1.44 bits per heavy atom. The fourth-order valence-electron chi connectivity index (χ4n) is 1.72. The van der Waals surface area contributed by atoms with Gasteiger partial charge in [0.15, 0.2) is 5.82 Å². The summed E-state index contributed by atoms with van der Waals surface area (Å²) in [7, 11) is 1.87. The molecule has 3 N–H and O–H groups in total. The van der Waals surface area contributed by atoms with Crippen molar-refractivity contribution in [1.29, 1.82) is 0 Å². The summed E-state index contributed by atoms with van der Waals surface area (Å²) in [5.74, 6) is 0.787. The van der Waals surface area contributed by atoms with Crippen molar-refractivity contribution in [3.05, 3.63) is 6.20 Å². The van der Waals surface area contributed by atoms with Gasteiger partial charge in [-0.05, 0) is 19.5 Å². The van der Waals surface area contributed by atoms with Crippen LogP contribution in [0.15, 0.2) is 6.20 Å². The van der Waals surface area contributed by atoms with E-state index in [1.165, 1.54) is 6.42 Å². The van der Waals surface area contributed by atoms with E-state index >= 15 is 0 Å². The van der Waals surface area contributed by atoms with Gasteiger partial charge in [0.1, 0.15) is 0 Å². The van der Waals surface area contributed by atoms with Gasteiger partial charge in [-0.25, -0.2) is 0 Å². The van der Waals surface area contributed by atoms with Crippen LogP contribution in [0.5, 0.6) is 0 Å². The molecule has 5 heteroatoms. The number of nitrogens with zero attached hydrogens (tertiary/aromatic N) is 3. The molecule has 0 atom stereocenters. The van der Waals surface area contributed by atoms with Gasteiger partial charge in [0.25, 0.3) is 0 Å². The molecule has 0 saturated heterocycles. The van der Waals surface area contributed by atoms with Gasteiger partial charge >= 0.3 is 0 Å². The van der Waals surface area contributed by atoms with Crippen molar-refractivity contribution in [2.24, 2.45) is 7.05 Å². The highest BCUT2D eigenvalue weighted by Crippen LogP contribution is 2.13. The lowest BCUT2D eigenvalue weighted by atomic mass is 10.4. The first kappa shape index (κ1) is 12.8. The Morgan fingerprint density at radius 2 is 2.19 bits per heavy atom. The maximum atomic E-state index is 5.79. The predicted octanol–water partition coefficient (Wildman–Crippen LogP) is 1.15. The smallest absolute Gasteiger partial charge is 0.171 e. The average molecular weight is 225 g/mol. The Kier molecular flexibility index (Phi) is 5.11. The molecule has 0 aromatic carbocycles. The number of nitrogens with one attached hydrogen (secondary N) is 1. The molecule has 0 radical (unpaired) electrons. The first-order valence-corrected chi connectivity index (χ1v) is 5.92. The summed E-state index contributed by atoms with van der Waals surface area (Å²) in [6, 6.07) is 0. The maximum absolute atomic E-state index is 5.79. The second-order valence-electron chi connectivity index (χ2n) is 3.97. The molecular weight excluding hydrogens is 202 g/mol. The van der Waals surface area contributed by atoms with Crippen LogP contribution in [0, 0.1) is 0 Å². The second kappa shape index (κ2) is 6.37. The molecule has 1 heterocycles. The number of aromatic nitrogens is 2. The summed E-state index contributed by atoms with van der Waals surface area (Å²) in [4.78, 5) is 2.41. The van der Waals surface area contributed by atoms with E-state index in [0.29, 0.717) is 5.69 Å². The Morgan fingerprint density at radius 3 is 2.69 bits per heavy atom. The predicted molar refractivity (Wildman–Crippen MR) is 68.5 cm³/mol. The van der Waals surface area contributed by atoms with Gasteiger partial charge < -0.3 is 16.0 Å². The van der Waals surface area contributed by atoms with Crippen LogP contribution in [0.1, 0.15) is 20.3 Å². The van der Waals surface area contributed by atoms with E-state index < -0.39 is 0 Å². The fraction of sp³-hybridized carbons (Fsp3) is 0.727. The summed E-state index contributed by atoms with van der Waals surface area (Å²) in [6.45, 7) is 8.54. The molecule has 0 unspecified atom stereocenters. The highest BCUT2D eigenvalue weighted by Gasteiger charge is 2.04. The Hall–Kier alpha value is -1.23. The highest BCUT2D eigenvalue weighted by molar-refractivity contribution is 5.59. The number of anilines is 2. The lowest BCUT2D eigenvalue weighted by molar-refractivity contribution is 0.300. The summed E-state index contributed by atoms with van der Waals surface area (Å²) >= 11 is 0. The largest absolute Gasteiger partial charge is 0.394 e. The van der Waals surface area contributed by atoms with Crippen LogP contribution in [0.2, 0.25) is 0 Å². The zero-order valence-electron chi connectivity index (χ0n) is 10.5. The van der Waals surface area contributed by atoms with E-state index in [-0.39, 0.29) is 0 Å². The molecule has 0 amide bonds. The van der Waals surface area contributed by atoms with Crippen LogP contribution in [0.3, 0.4) is 0 Å². The van der Waals surface area contributed by atoms with Crippen molar-refractivity contribution in [2.75, 3.05) is 37.2 Å². The van der Waals surface area contributed by atoms with Crippen LogP contribution in [-0.2, 0) is 7.05 Å². The van der Waals surface area contributed by atoms with Crippen LogP contribution >= 0.6 is 0 Å². The van der Waals surface area contributed by atoms with Crippen LogP contribution in [0.4, 0.5) is 11.5 Å².